The van der Waals surface area contributed by atoms with Crippen LogP contribution in [-0.2, 0) is 4.79 Å². The standard InChI is InChI=1S/C16H13NO/c17-16(18)11-5-7-13-6-4-10-15(12-13)14-8-2-1-3-9-14/h1-4,6,8-10,12H,11H2,(H2,17,18). The predicted molar refractivity (Wildman–Crippen MR) is 72.6 cm³/mol. The molecule has 2 heteroatoms. The molecule has 0 radical (unpaired) electrons. The number of hydrogen-bond donors (Lipinski definition) is 1. The van der Waals surface area contributed by atoms with Crippen molar-refractivity contribution in [3.8, 4) is 23.0 Å². The zero-order valence-electron chi connectivity index (χ0n) is 9.89. The van der Waals surface area contributed by atoms with Gasteiger partial charge in [-0.2, -0.15) is 0 Å². The summed E-state index contributed by atoms with van der Waals surface area (Å²) in [7, 11) is 0. The van der Waals surface area contributed by atoms with E-state index in [4.69, 9.17) is 5.73 Å². The van der Waals surface area contributed by atoms with Gasteiger partial charge in [-0.15, -0.1) is 0 Å². The molecule has 2 N–H and O–H groups in total. The summed E-state index contributed by atoms with van der Waals surface area (Å²) in [5.74, 6) is 5.29. The maximum absolute atomic E-state index is 10.6. The number of benzene rings is 2. The Kier molecular flexibility index (Phi) is 3.78. The smallest absolute Gasteiger partial charge is 0.229 e. The molecule has 1 amide bonds. The van der Waals surface area contributed by atoms with Crippen molar-refractivity contribution in [1.29, 1.82) is 0 Å². The summed E-state index contributed by atoms with van der Waals surface area (Å²) in [4.78, 5) is 10.6. The van der Waals surface area contributed by atoms with Gasteiger partial charge in [0.2, 0.25) is 5.91 Å². The first kappa shape index (κ1) is 11.9. The average molecular weight is 235 g/mol. The van der Waals surface area contributed by atoms with Gasteiger partial charge in [0.1, 0.15) is 0 Å². The van der Waals surface area contributed by atoms with Crippen LogP contribution in [-0.4, -0.2) is 5.91 Å². The minimum Gasteiger partial charge on any atom is -0.369 e. The number of hydrogen-bond acceptors (Lipinski definition) is 1. The van der Waals surface area contributed by atoms with Crippen LogP contribution in [0.1, 0.15) is 12.0 Å². The van der Waals surface area contributed by atoms with Crippen LogP contribution in [0.4, 0.5) is 0 Å². The highest BCUT2D eigenvalue weighted by atomic mass is 16.1. The van der Waals surface area contributed by atoms with Crippen molar-refractivity contribution in [3.05, 3.63) is 60.2 Å². The van der Waals surface area contributed by atoms with Gasteiger partial charge >= 0.3 is 0 Å². The first-order valence-corrected chi connectivity index (χ1v) is 5.68. The predicted octanol–water partition coefficient (Wildman–Crippen LogP) is 2.58. The Morgan fingerprint density at radius 3 is 2.44 bits per heavy atom. The molecule has 2 nitrogen and oxygen atoms in total. The van der Waals surface area contributed by atoms with Crippen LogP contribution in [0.5, 0.6) is 0 Å². The van der Waals surface area contributed by atoms with Gasteiger partial charge in [-0.3, -0.25) is 4.79 Å². The van der Waals surface area contributed by atoms with Crippen molar-refractivity contribution in [2.75, 3.05) is 0 Å². The number of rotatable bonds is 2. The minimum atomic E-state index is -0.401. The average Bonchev–Trinajstić information content (AvgIpc) is 2.40. The van der Waals surface area contributed by atoms with E-state index in [-0.39, 0.29) is 6.42 Å². The molecule has 0 aliphatic heterocycles. The monoisotopic (exact) mass is 235 g/mol. The van der Waals surface area contributed by atoms with Gasteiger partial charge in [-0.1, -0.05) is 54.3 Å². The summed E-state index contributed by atoms with van der Waals surface area (Å²) in [6.45, 7) is 0. The Balaban J connectivity index is 2.25. The van der Waals surface area contributed by atoms with Crippen molar-refractivity contribution in [3.63, 3.8) is 0 Å². The molecule has 0 bridgehead atoms. The van der Waals surface area contributed by atoms with Crippen LogP contribution in [0.2, 0.25) is 0 Å². The van der Waals surface area contributed by atoms with E-state index in [0.717, 1.165) is 16.7 Å². The lowest BCUT2D eigenvalue weighted by molar-refractivity contribution is -0.117. The van der Waals surface area contributed by atoms with Crippen molar-refractivity contribution >= 4 is 5.91 Å². The molecule has 88 valence electrons. The van der Waals surface area contributed by atoms with Crippen LogP contribution in [0, 0.1) is 11.8 Å². The third-order valence-electron chi connectivity index (χ3n) is 2.47. The highest BCUT2D eigenvalue weighted by molar-refractivity contribution is 5.76. The molecule has 0 atom stereocenters. The fraction of sp³-hybridized carbons (Fsp3) is 0.0625. The second-order valence-corrected chi connectivity index (χ2v) is 3.89. The number of nitrogens with two attached hydrogens (primary N) is 1. The van der Waals surface area contributed by atoms with Gasteiger partial charge in [0.15, 0.2) is 0 Å². The topological polar surface area (TPSA) is 43.1 Å². The largest absolute Gasteiger partial charge is 0.369 e. The quantitative estimate of drug-likeness (QED) is 0.799. The molecule has 0 unspecified atom stereocenters. The lowest BCUT2D eigenvalue weighted by Gasteiger charge is -2.01. The van der Waals surface area contributed by atoms with E-state index in [9.17, 15) is 4.79 Å². The summed E-state index contributed by atoms with van der Waals surface area (Å²) in [5, 5.41) is 0. The second kappa shape index (κ2) is 5.70. The Morgan fingerprint density at radius 1 is 1.00 bits per heavy atom. The number of primary amides is 1. The Labute approximate surface area is 106 Å². The van der Waals surface area contributed by atoms with Crippen LogP contribution < -0.4 is 5.73 Å². The normalized spacial score (nSPS) is 9.33. The van der Waals surface area contributed by atoms with Gasteiger partial charge in [0, 0.05) is 5.56 Å². The molecule has 0 aliphatic carbocycles. The second-order valence-electron chi connectivity index (χ2n) is 3.89. The highest BCUT2D eigenvalue weighted by Gasteiger charge is 1.96. The van der Waals surface area contributed by atoms with E-state index >= 15 is 0 Å². The molecule has 2 aromatic rings. The summed E-state index contributed by atoms with van der Waals surface area (Å²) in [6, 6.07) is 18.0. The maximum Gasteiger partial charge on any atom is 0.229 e. The summed E-state index contributed by atoms with van der Waals surface area (Å²) >= 11 is 0. The molecule has 0 saturated heterocycles. The van der Waals surface area contributed by atoms with Gasteiger partial charge < -0.3 is 5.73 Å². The molecule has 2 aromatic carbocycles. The number of carbonyl (C=O) groups excluding carboxylic acids is 1. The third kappa shape index (κ3) is 3.23. The summed E-state index contributed by atoms with van der Waals surface area (Å²) < 4.78 is 0. The fourth-order valence-corrected chi connectivity index (χ4v) is 1.64. The Hall–Kier alpha value is -2.53. The number of amides is 1. The molecule has 0 aromatic heterocycles. The molecule has 0 fully saturated rings. The van der Waals surface area contributed by atoms with E-state index < -0.39 is 5.91 Å². The van der Waals surface area contributed by atoms with Gasteiger partial charge in [-0.05, 0) is 23.3 Å². The zero-order chi connectivity index (χ0) is 12.8. The van der Waals surface area contributed by atoms with Crippen molar-refractivity contribution in [2.24, 2.45) is 5.73 Å². The summed E-state index contributed by atoms with van der Waals surface area (Å²) in [6.07, 6.45) is 0.0928. The Bertz CT molecular complexity index is 606. The van der Waals surface area contributed by atoms with Crippen LogP contribution >= 0.6 is 0 Å². The van der Waals surface area contributed by atoms with Crippen molar-refractivity contribution in [2.45, 2.75) is 6.42 Å². The van der Waals surface area contributed by atoms with E-state index in [1.54, 1.807) is 0 Å². The molecule has 0 aliphatic rings. The third-order valence-corrected chi connectivity index (χ3v) is 2.47. The van der Waals surface area contributed by atoms with Gasteiger partial charge in [-0.25, -0.2) is 0 Å². The molecule has 0 saturated carbocycles. The zero-order valence-corrected chi connectivity index (χ0v) is 9.89. The molecular weight excluding hydrogens is 222 g/mol. The highest BCUT2D eigenvalue weighted by Crippen LogP contribution is 2.19. The molecule has 18 heavy (non-hydrogen) atoms. The van der Waals surface area contributed by atoms with Crippen molar-refractivity contribution < 1.29 is 4.79 Å². The molecule has 2 rings (SSSR count). The van der Waals surface area contributed by atoms with Crippen LogP contribution in [0.15, 0.2) is 54.6 Å². The SMILES string of the molecule is NC(=O)CC#Cc1cccc(-c2ccccc2)c1. The van der Waals surface area contributed by atoms with Crippen molar-refractivity contribution in [1.82, 2.24) is 0 Å². The lowest BCUT2D eigenvalue weighted by atomic mass is 10.0. The molecule has 0 spiro atoms. The van der Waals surface area contributed by atoms with Gasteiger partial charge in [0.05, 0.1) is 6.42 Å². The lowest BCUT2D eigenvalue weighted by Crippen LogP contribution is -2.08. The Morgan fingerprint density at radius 2 is 1.72 bits per heavy atom. The number of carbonyl (C=O) groups is 1. The molecule has 0 heterocycles. The van der Waals surface area contributed by atoms with Crippen LogP contribution in [0.25, 0.3) is 11.1 Å². The van der Waals surface area contributed by atoms with E-state index in [1.165, 1.54) is 0 Å². The van der Waals surface area contributed by atoms with Gasteiger partial charge in [0.25, 0.3) is 0 Å². The van der Waals surface area contributed by atoms with Crippen LogP contribution in [0.3, 0.4) is 0 Å². The minimum absolute atomic E-state index is 0.0928. The van der Waals surface area contributed by atoms with E-state index in [0.29, 0.717) is 0 Å². The fourth-order valence-electron chi connectivity index (χ4n) is 1.64. The van der Waals surface area contributed by atoms with E-state index in [1.807, 2.05) is 42.5 Å². The van der Waals surface area contributed by atoms with E-state index in [2.05, 4.69) is 24.0 Å². The first-order valence-electron chi connectivity index (χ1n) is 5.68. The summed E-state index contributed by atoms with van der Waals surface area (Å²) in [5.41, 5.74) is 8.18. The molecular formula is C16H13NO. The maximum atomic E-state index is 10.6. The first-order chi connectivity index (χ1) is 8.75.